The minimum atomic E-state index is -3.45. The first-order chi connectivity index (χ1) is 9.90. The molecule has 1 atom stereocenters. The fraction of sp³-hybridized carbons (Fsp3) is 0.571. The molecule has 1 saturated heterocycles. The SMILES string of the molecule is CCN1CCN(S(=O)(=O)c2ccc(OC)c(Br)c2)CC1C. The summed E-state index contributed by atoms with van der Waals surface area (Å²) in [5, 5.41) is 0. The van der Waals surface area contributed by atoms with E-state index < -0.39 is 10.0 Å². The van der Waals surface area contributed by atoms with Crippen molar-refractivity contribution in [3.8, 4) is 5.75 Å². The van der Waals surface area contributed by atoms with Gasteiger partial charge < -0.3 is 4.74 Å². The normalized spacial score (nSPS) is 21.4. The van der Waals surface area contributed by atoms with E-state index in [9.17, 15) is 8.42 Å². The number of rotatable bonds is 4. The molecular weight excluding hydrogens is 356 g/mol. The number of halogens is 1. The summed E-state index contributed by atoms with van der Waals surface area (Å²) >= 11 is 3.34. The van der Waals surface area contributed by atoms with Gasteiger partial charge in [-0.2, -0.15) is 4.31 Å². The van der Waals surface area contributed by atoms with Gasteiger partial charge in [0.05, 0.1) is 16.5 Å². The lowest BCUT2D eigenvalue weighted by atomic mass is 10.2. The molecule has 1 aliphatic rings. The summed E-state index contributed by atoms with van der Waals surface area (Å²) in [6.07, 6.45) is 0. The Bertz CT molecular complexity index is 606. The highest BCUT2D eigenvalue weighted by atomic mass is 79.9. The van der Waals surface area contributed by atoms with E-state index in [0.717, 1.165) is 13.1 Å². The van der Waals surface area contributed by atoms with Crippen LogP contribution in [0.15, 0.2) is 27.6 Å². The van der Waals surface area contributed by atoms with Crippen LogP contribution < -0.4 is 4.74 Å². The Hall–Kier alpha value is -0.630. The van der Waals surface area contributed by atoms with Gasteiger partial charge in [0.2, 0.25) is 10.0 Å². The quantitative estimate of drug-likeness (QED) is 0.807. The lowest BCUT2D eigenvalue weighted by Gasteiger charge is -2.38. The van der Waals surface area contributed by atoms with Crippen LogP contribution in [-0.2, 0) is 10.0 Å². The highest BCUT2D eigenvalue weighted by molar-refractivity contribution is 9.10. The molecule has 0 spiro atoms. The number of nitrogens with zero attached hydrogens (tertiary/aromatic N) is 2. The van der Waals surface area contributed by atoms with Gasteiger partial charge in [0.15, 0.2) is 0 Å². The Balaban J connectivity index is 2.24. The van der Waals surface area contributed by atoms with Crippen LogP contribution in [0.3, 0.4) is 0 Å². The van der Waals surface area contributed by atoms with Crippen LogP contribution in [0.4, 0.5) is 0 Å². The molecule has 0 radical (unpaired) electrons. The van der Waals surface area contributed by atoms with Crippen LogP contribution in [0.2, 0.25) is 0 Å². The van der Waals surface area contributed by atoms with Crippen molar-refractivity contribution in [3.63, 3.8) is 0 Å². The van der Waals surface area contributed by atoms with E-state index in [1.54, 1.807) is 29.6 Å². The second kappa shape index (κ2) is 6.64. The molecule has 1 unspecified atom stereocenters. The maximum atomic E-state index is 12.7. The molecule has 1 aromatic carbocycles. The van der Waals surface area contributed by atoms with Gasteiger partial charge in [-0.15, -0.1) is 0 Å². The van der Waals surface area contributed by atoms with Crippen LogP contribution in [-0.4, -0.2) is 57.0 Å². The van der Waals surface area contributed by atoms with Crippen molar-refractivity contribution in [3.05, 3.63) is 22.7 Å². The number of ether oxygens (including phenoxy) is 1. The number of hydrogen-bond donors (Lipinski definition) is 0. The monoisotopic (exact) mass is 376 g/mol. The Morgan fingerprint density at radius 1 is 1.38 bits per heavy atom. The van der Waals surface area contributed by atoms with Gasteiger partial charge in [0, 0.05) is 25.7 Å². The maximum Gasteiger partial charge on any atom is 0.243 e. The number of piperazine rings is 1. The largest absolute Gasteiger partial charge is 0.496 e. The molecule has 0 aromatic heterocycles. The molecule has 0 saturated carbocycles. The van der Waals surface area contributed by atoms with Crippen LogP contribution in [0.5, 0.6) is 5.75 Å². The van der Waals surface area contributed by atoms with Gasteiger partial charge >= 0.3 is 0 Å². The number of benzene rings is 1. The second-order valence-electron chi connectivity index (χ2n) is 5.14. The summed E-state index contributed by atoms with van der Waals surface area (Å²) in [7, 11) is -1.90. The van der Waals surface area contributed by atoms with Gasteiger partial charge in [0.1, 0.15) is 5.75 Å². The molecule has 0 aliphatic carbocycles. The molecule has 5 nitrogen and oxygen atoms in total. The van der Waals surface area contributed by atoms with Crippen molar-refractivity contribution in [1.82, 2.24) is 9.21 Å². The van der Waals surface area contributed by atoms with Crippen LogP contribution in [0.1, 0.15) is 13.8 Å². The first-order valence-corrected chi connectivity index (χ1v) is 9.21. The lowest BCUT2D eigenvalue weighted by Crippen LogP contribution is -2.53. The summed E-state index contributed by atoms with van der Waals surface area (Å²) in [5.41, 5.74) is 0. The predicted molar refractivity (Wildman–Crippen MR) is 86.2 cm³/mol. The Labute approximate surface area is 135 Å². The third-order valence-electron chi connectivity index (χ3n) is 3.90. The van der Waals surface area contributed by atoms with E-state index in [1.807, 2.05) is 0 Å². The topological polar surface area (TPSA) is 49.9 Å². The molecule has 21 heavy (non-hydrogen) atoms. The van der Waals surface area contributed by atoms with Crippen LogP contribution >= 0.6 is 15.9 Å². The fourth-order valence-corrected chi connectivity index (χ4v) is 4.84. The van der Waals surface area contributed by atoms with Gasteiger partial charge in [-0.25, -0.2) is 8.42 Å². The molecule has 1 aliphatic heterocycles. The summed E-state index contributed by atoms with van der Waals surface area (Å²) in [6, 6.07) is 5.10. The average Bonchev–Trinajstić information content (AvgIpc) is 2.47. The van der Waals surface area contributed by atoms with E-state index >= 15 is 0 Å². The van der Waals surface area contributed by atoms with Gasteiger partial charge in [-0.05, 0) is 47.6 Å². The summed E-state index contributed by atoms with van der Waals surface area (Å²) in [6.45, 7) is 6.94. The number of methoxy groups -OCH3 is 1. The standard InChI is InChI=1S/C14H21BrN2O3S/c1-4-16-7-8-17(10-11(16)2)21(18,19)12-5-6-14(20-3)13(15)9-12/h5-6,9,11H,4,7-8,10H2,1-3H3. The smallest absolute Gasteiger partial charge is 0.243 e. The minimum Gasteiger partial charge on any atom is -0.496 e. The number of sulfonamides is 1. The van der Waals surface area contributed by atoms with E-state index in [0.29, 0.717) is 28.2 Å². The molecule has 1 aromatic rings. The first kappa shape index (κ1) is 16.7. The summed E-state index contributed by atoms with van der Waals surface area (Å²) in [5.74, 6) is 0.623. The third-order valence-corrected chi connectivity index (χ3v) is 6.38. The van der Waals surface area contributed by atoms with Crippen molar-refractivity contribution in [2.75, 3.05) is 33.3 Å². The summed E-state index contributed by atoms with van der Waals surface area (Å²) < 4.78 is 32.8. The predicted octanol–water partition coefficient (Wildman–Crippen LogP) is 2.17. The molecule has 0 bridgehead atoms. The molecule has 1 fully saturated rings. The van der Waals surface area contributed by atoms with Crippen molar-refractivity contribution >= 4 is 26.0 Å². The molecule has 0 amide bonds. The molecule has 0 N–H and O–H groups in total. The molecule has 7 heteroatoms. The first-order valence-electron chi connectivity index (χ1n) is 6.98. The van der Waals surface area contributed by atoms with Crippen molar-refractivity contribution in [1.29, 1.82) is 0 Å². The zero-order valence-electron chi connectivity index (χ0n) is 12.5. The highest BCUT2D eigenvalue weighted by Gasteiger charge is 2.31. The minimum absolute atomic E-state index is 0.236. The highest BCUT2D eigenvalue weighted by Crippen LogP contribution is 2.29. The van der Waals surface area contributed by atoms with Crippen molar-refractivity contribution < 1.29 is 13.2 Å². The second-order valence-corrected chi connectivity index (χ2v) is 7.93. The Morgan fingerprint density at radius 2 is 2.10 bits per heavy atom. The van der Waals surface area contributed by atoms with E-state index in [1.165, 1.54) is 0 Å². The van der Waals surface area contributed by atoms with Gasteiger partial charge in [0.25, 0.3) is 0 Å². The van der Waals surface area contributed by atoms with Crippen LogP contribution in [0.25, 0.3) is 0 Å². The fourth-order valence-electron chi connectivity index (χ4n) is 2.61. The van der Waals surface area contributed by atoms with Gasteiger partial charge in [-0.1, -0.05) is 6.92 Å². The Kier molecular flexibility index (Phi) is 5.29. The van der Waals surface area contributed by atoms with Gasteiger partial charge in [-0.3, -0.25) is 4.90 Å². The summed E-state index contributed by atoms with van der Waals surface area (Å²) in [4.78, 5) is 2.59. The molecule has 118 valence electrons. The van der Waals surface area contributed by atoms with Crippen LogP contribution in [0, 0.1) is 0 Å². The van der Waals surface area contributed by atoms with Crippen molar-refractivity contribution in [2.45, 2.75) is 24.8 Å². The zero-order chi connectivity index (χ0) is 15.6. The molecular formula is C14H21BrN2O3S. The lowest BCUT2D eigenvalue weighted by molar-refractivity contribution is 0.135. The number of likely N-dealkylation sites (N-methyl/N-ethyl adjacent to an activating group) is 1. The molecule has 1 heterocycles. The number of hydrogen-bond acceptors (Lipinski definition) is 4. The third kappa shape index (κ3) is 3.41. The molecule has 2 rings (SSSR count). The van der Waals surface area contributed by atoms with E-state index in [2.05, 4.69) is 34.7 Å². The Morgan fingerprint density at radius 3 is 2.62 bits per heavy atom. The van der Waals surface area contributed by atoms with E-state index in [4.69, 9.17) is 4.74 Å². The van der Waals surface area contributed by atoms with E-state index in [-0.39, 0.29) is 6.04 Å². The maximum absolute atomic E-state index is 12.7. The average molecular weight is 377 g/mol. The van der Waals surface area contributed by atoms with Crippen molar-refractivity contribution in [2.24, 2.45) is 0 Å². The zero-order valence-corrected chi connectivity index (χ0v) is 14.9.